The fourth-order valence-corrected chi connectivity index (χ4v) is 5.32. The zero-order chi connectivity index (χ0) is 34.2. The summed E-state index contributed by atoms with van der Waals surface area (Å²) in [6.07, 6.45) is 14.9. The predicted octanol–water partition coefficient (Wildman–Crippen LogP) is 5.98. The van der Waals surface area contributed by atoms with Crippen molar-refractivity contribution < 1.29 is 23.2 Å². The van der Waals surface area contributed by atoms with E-state index < -0.39 is 5.82 Å². The predicted molar refractivity (Wildman–Crippen MR) is 188 cm³/mol. The number of anilines is 2. The number of carbonyl (C=O) groups is 1. The first-order valence-corrected chi connectivity index (χ1v) is 15.9. The number of benzene rings is 2. The Hall–Kier alpha value is -5.36. The van der Waals surface area contributed by atoms with E-state index in [9.17, 15) is 4.79 Å². The molecule has 250 valence electrons. The molecule has 2 aliphatic rings. The summed E-state index contributed by atoms with van der Waals surface area (Å²) in [6.45, 7) is 8.26. The Kier molecular flexibility index (Phi) is 11.0. The van der Waals surface area contributed by atoms with Crippen LogP contribution in [0.1, 0.15) is 27.2 Å². The minimum Gasteiger partial charge on any atom is -0.490 e. The number of allylic oxidation sites excluding steroid dienone is 3. The first-order chi connectivity index (χ1) is 23.2. The lowest BCUT2D eigenvalue weighted by atomic mass is 10.1. The molecule has 0 fully saturated rings. The molecule has 0 saturated heterocycles. The van der Waals surface area contributed by atoms with Gasteiger partial charge in [0.05, 0.1) is 36.8 Å². The van der Waals surface area contributed by atoms with Crippen LogP contribution in [-0.2, 0) is 4.79 Å². The topological polar surface area (TPSA) is 98.4 Å². The average Bonchev–Trinajstić information content (AvgIpc) is 3.09. The van der Waals surface area contributed by atoms with Gasteiger partial charge in [0, 0.05) is 48.9 Å². The Morgan fingerprint density at radius 3 is 2.75 bits per heavy atom. The van der Waals surface area contributed by atoms with Gasteiger partial charge in [-0.25, -0.2) is 19.4 Å². The maximum Gasteiger partial charge on any atom is 0.248 e. The van der Waals surface area contributed by atoms with Gasteiger partial charge >= 0.3 is 0 Å². The standard InChI is InChI=1S/C36H42FN8O3/c1-7-25(3)31-23-27(15-17-45(31)40-8-2)48-32-14-11-26(22-28(32)37)41-36-34-29(38-24-39-36)12-13-30(35(34)47-6)43-18-20-44(21-19-43)33(46)10-9-16-42(4)5/h8-15,17-18,22-24H,7,16,19-21H2,1-6H3,(H,38,39,41)/q+1/b10-9+,31-25-,40-8-. The van der Waals surface area contributed by atoms with E-state index in [1.807, 2.05) is 63.3 Å². The Balaban J connectivity index is 1.37. The fraction of sp³-hybridized carbons (Fsp3) is 0.306. The van der Waals surface area contributed by atoms with Crippen molar-refractivity contribution in [1.29, 1.82) is 0 Å². The molecule has 1 aromatic heterocycles. The number of nitrogens with zero attached hydrogens (tertiary/aromatic N) is 7. The van der Waals surface area contributed by atoms with Crippen LogP contribution < -0.4 is 14.8 Å². The number of amides is 1. The van der Waals surface area contributed by atoms with E-state index in [0.717, 1.165) is 23.4 Å². The second-order valence-corrected chi connectivity index (χ2v) is 11.5. The van der Waals surface area contributed by atoms with Crippen LogP contribution in [0, 0.1) is 5.82 Å². The molecule has 3 aromatic rings. The highest BCUT2D eigenvalue weighted by Crippen LogP contribution is 2.39. The Morgan fingerprint density at radius 1 is 1.23 bits per heavy atom. The van der Waals surface area contributed by atoms with E-state index in [2.05, 4.69) is 31.9 Å². The van der Waals surface area contributed by atoms with Crippen molar-refractivity contribution in [1.82, 2.24) is 24.8 Å². The van der Waals surface area contributed by atoms with Crippen LogP contribution in [-0.4, -0.2) is 95.1 Å². The summed E-state index contributed by atoms with van der Waals surface area (Å²) < 4.78 is 29.4. The van der Waals surface area contributed by atoms with Crippen molar-refractivity contribution >= 4 is 46.4 Å². The summed E-state index contributed by atoms with van der Waals surface area (Å²) in [5, 5.41) is 10.0. The molecule has 3 heterocycles. The number of methoxy groups -OCH3 is 1. The number of halogens is 1. The lowest BCUT2D eigenvalue weighted by molar-refractivity contribution is -0.442. The van der Waals surface area contributed by atoms with E-state index in [1.165, 1.54) is 12.4 Å². The lowest BCUT2D eigenvalue weighted by Gasteiger charge is -2.23. The number of aromatic nitrogens is 2. The minimum absolute atomic E-state index is 0.0183. The molecule has 11 nitrogen and oxygen atoms in total. The summed E-state index contributed by atoms with van der Waals surface area (Å²) in [4.78, 5) is 25.4. The molecule has 1 amide bonds. The van der Waals surface area contributed by atoms with Crippen molar-refractivity contribution in [2.75, 3.05) is 52.7 Å². The number of carbonyl (C=O) groups excluding carboxylic acids is 1. The molecule has 2 aliphatic heterocycles. The van der Waals surface area contributed by atoms with E-state index in [4.69, 9.17) is 9.47 Å². The first-order valence-electron chi connectivity index (χ1n) is 15.9. The molecular formula is C36H42FN8O3+. The van der Waals surface area contributed by atoms with Gasteiger partial charge in [0.15, 0.2) is 24.3 Å². The number of fused-ring (bicyclic) bond motifs is 1. The van der Waals surface area contributed by atoms with Crippen molar-refractivity contribution in [3.8, 4) is 11.5 Å². The molecule has 1 N–H and O–H groups in total. The first kappa shape index (κ1) is 34.0. The van der Waals surface area contributed by atoms with Crippen LogP contribution in [0.3, 0.4) is 0 Å². The average molecular weight is 654 g/mol. The minimum atomic E-state index is -0.536. The summed E-state index contributed by atoms with van der Waals surface area (Å²) in [5.41, 5.74) is 3.97. The highest BCUT2D eigenvalue weighted by atomic mass is 19.1. The van der Waals surface area contributed by atoms with E-state index in [-0.39, 0.29) is 11.7 Å². The molecule has 2 aromatic carbocycles. The molecule has 0 bridgehead atoms. The van der Waals surface area contributed by atoms with Gasteiger partial charge in [0.1, 0.15) is 17.9 Å². The molecular weight excluding hydrogens is 611 g/mol. The molecule has 0 aliphatic carbocycles. The molecule has 5 rings (SSSR count). The lowest BCUT2D eigenvalue weighted by Crippen LogP contribution is -2.41. The molecule has 48 heavy (non-hydrogen) atoms. The maximum atomic E-state index is 15.4. The zero-order valence-corrected chi connectivity index (χ0v) is 28.3. The maximum absolute atomic E-state index is 15.4. The van der Waals surface area contributed by atoms with Crippen LogP contribution in [0.2, 0.25) is 0 Å². The van der Waals surface area contributed by atoms with Crippen LogP contribution in [0.5, 0.6) is 11.5 Å². The van der Waals surface area contributed by atoms with Crippen molar-refractivity contribution in [2.45, 2.75) is 27.2 Å². The monoisotopic (exact) mass is 653 g/mol. The Labute approximate surface area is 280 Å². The number of hydrogen-bond donors (Lipinski definition) is 1. The van der Waals surface area contributed by atoms with Gasteiger partial charge in [-0.1, -0.05) is 13.0 Å². The van der Waals surface area contributed by atoms with E-state index >= 15 is 4.39 Å². The zero-order valence-electron chi connectivity index (χ0n) is 28.3. The van der Waals surface area contributed by atoms with Gasteiger partial charge in [-0.3, -0.25) is 4.79 Å². The second-order valence-electron chi connectivity index (χ2n) is 11.5. The number of hydrazone groups is 1. The smallest absolute Gasteiger partial charge is 0.248 e. The number of rotatable bonds is 11. The van der Waals surface area contributed by atoms with Gasteiger partial charge in [-0.2, -0.15) is 9.68 Å². The van der Waals surface area contributed by atoms with Crippen LogP contribution in [0.15, 0.2) is 89.3 Å². The molecule has 0 saturated carbocycles. The Bertz CT molecular complexity index is 1860. The van der Waals surface area contributed by atoms with Gasteiger partial charge in [0.2, 0.25) is 17.3 Å². The van der Waals surface area contributed by atoms with Gasteiger partial charge in [-0.15, -0.1) is 0 Å². The van der Waals surface area contributed by atoms with E-state index in [0.29, 0.717) is 60.1 Å². The SMILES string of the molecule is C/C=N\N1C=CC(Oc2ccc(Nc3ncnc4ccc([N+]5=CCN(C(=O)/C=C/CN(C)C)CC5)c(OC)c34)cc2F)=C/C1=C(\C)CC. The number of likely N-dealkylation sites (N-methyl/N-ethyl adjacent to an activating group) is 1. The molecule has 12 heteroatoms. The quantitative estimate of drug-likeness (QED) is 0.154. The highest BCUT2D eigenvalue weighted by Gasteiger charge is 2.27. The fourth-order valence-electron chi connectivity index (χ4n) is 5.32. The van der Waals surface area contributed by atoms with Crippen molar-refractivity contribution in [2.24, 2.45) is 5.10 Å². The number of hydrogen-bond acceptors (Lipinski definition) is 9. The van der Waals surface area contributed by atoms with Crippen LogP contribution in [0.25, 0.3) is 10.9 Å². The molecule has 0 atom stereocenters. The largest absolute Gasteiger partial charge is 0.490 e. The third-order valence-electron chi connectivity index (χ3n) is 7.96. The Morgan fingerprint density at radius 2 is 2.06 bits per heavy atom. The van der Waals surface area contributed by atoms with Gasteiger partial charge < -0.3 is 24.6 Å². The third-order valence-corrected chi connectivity index (χ3v) is 7.96. The summed E-state index contributed by atoms with van der Waals surface area (Å²) in [6, 6.07) is 8.52. The van der Waals surface area contributed by atoms with Crippen LogP contribution in [0.4, 0.5) is 21.6 Å². The van der Waals surface area contributed by atoms with Gasteiger partial charge in [0.25, 0.3) is 0 Å². The highest BCUT2D eigenvalue weighted by molar-refractivity contribution is 5.98. The van der Waals surface area contributed by atoms with Crippen LogP contribution >= 0.6 is 0 Å². The third kappa shape index (κ3) is 7.77. The normalized spacial score (nSPS) is 16.2. The van der Waals surface area contributed by atoms with Crippen molar-refractivity contribution in [3.63, 3.8) is 0 Å². The molecule has 0 spiro atoms. The summed E-state index contributed by atoms with van der Waals surface area (Å²) in [7, 11) is 5.52. The van der Waals surface area contributed by atoms with Crippen molar-refractivity contribution in [3.05, 3.63) is 90.0 Å². The molecule has 0 unspecified atom stereocenters. The number of nitrogens with one attached hydrogen (secondary N) is 1. The number of ether oxygens (including phenoxy) is 2. The van der Waals surface area contributed by atoms with E-state index in [1.54, 1.807) is 53.7 Å². The summed E-state index contributed by atoms with van der Waals surface area (Å²) in [5.74, 6) is 1.07. The van der Waals surface area contributed by atoms with Gasteiger partial charge in [-0.05, 0) is 64.2 Å². The second kappa shape index (κ2) is 15.5. The molecule has 0 radical (unpaired) electrons. The summed E-state index contributed by atoms with van der Waals surface area (Å²) >= 11 is 0.